The molecule has 4 heteroatoms. The Morgan fingerprint density at radius 3 is 2.84 bits per heavy atom. The third-order valence-electron chi connectivity index (χ3n) is 3.56. The number of hydrogen-bond donors (Lipinski definition) is 1. The summed E-state index contributed by atoms with van der Waals surface area (Å²) in [6, 6.07) is 9.31. The van der Waals surface area contributed by atoms with Crippen molar-refractivity contribution in [3.63, 3.8) is 0 Å². The summed E-state index contributed by atoms with van der Waals surface area (Å²) in [5.41, 5.74) is 1.15. The third kappa shape index (κ3) is 1.53. The molecule has 1 N–H and O–H groups in total. The molecule has 1 aliphatic rings. The summed E-state index contributed by atoms with van der Waals surface area (Å²) in [5.74, 6) is -0.456. The van der Waals surface area contributed by atoms with E-state index < -0.39 is 11.6 Å². The molecule has 0 saturated heterocycles. The van der Waals surface area contributed by atoms with Crippen LogP contribution in [0, 0.1) is 0 Å². The van der Waals surface area contributed by atoms with Gasteiger partial charge < -0.3 is 9.84 Å². The van der Waals surface area contributed by atoms with Crippen LogP contribution < -0.4 is 4.74 Å². The molecule has 0 fully saturated rings. The minimum atomic E-state index is -1.33. The fourth-order valence-electron chi connectivity index (χ4n) is 2.57. The molecule has 2 heterocycles. The van der Waals surface area contributed by atoms with Gasteiger partial charge in [-0.1, -0.05) is 31.2 Å². The van der Waals surface area contributed by atoms with E-state index in [0.717, 1.165) is 11.1 Å². The molecule has 1 aromatic carbocycles. The predicted octanol–water partition coefficient (Wildman–Crippen LogP) is 2.83. The molecule has 0 amide bonds. The second kappa shape index (κ2) is 4.09. The second-order valence-electron chi connectivity index (χ2n) is 4.51. The third-order valence-corrected chi connectivity index (χ3v) is 3.56. The molecule has 0 saturated carbocycles. The van der Waals surface area contributed by atoms with Gasteiger partial charge in [0.05, 0.1) is 6.20 Å². The van der Waals surface area contributed by atoms with Crippen molar-refractivity contribution in [2.75, 3.05) is 0 Å². The van der Waals surface area contributed by atoms with E-state index in [0.29, 0.717) is 17.7 Å². The Balaban J connectivity index is 2.33. The van der Waals surface area contributed by atoms with E-state index in [1.807, 2.05) is 37.3 Å². The van der Waals surface area contributed by atoms with Gasteiger partial charge in [-0.05, 0) is 18.1 Å². The average Bonchev–Trinajstić information content (AvgIpc) is 2.46. The molecule has 0 aliphatic carbocycles. The lowest BCUT2D eigenvalue weighted by atomic mass is 9.82. The van der Waals surface area contributed by atoms with Crippen LogP contribution in [-0.2, 0) is 10.4 Å². The molecule has 19 heavy (non-hydrogen) atoms. The van der Waals surface area contributed by atoms with Gasteiger partial charge in [0.25, 0.3) is 0 Å². The highest BCUT2D eigenvalue weighted by Crippen LogP contribution is 2.46. The fourth-order valence-corrected chi connectivity index (χ4v) is 2.57. The van der Waals surface area contributed by atoms with Crippen molar-refractivity contribution in [3.8, 4) is 16.9 Å². The number of benzene rings is 1. The molecule has 0 bridgehead atoms. The van der Waals surface area contributed by atoms with Gasteiger partial charge in [0.1, 0.15) is 5.75 Å². The molecule has 1 aromatic heterocycles. The van der Waals surface area contributed by atoms with Crippen LogP contribution >= 0.6 is 0 Å². The van der Waals surface area contributed by atoms with Crippen molar-refractivity contribution in [1.29, 1.82) is 0 Å². The first-order valence-corrected chi connectivity index (χ1v) is 6.15. The monoisotopic (exact) mass is 255 g/mol. The van der Waals surface area contributed by atoms with Crippen molar-refractivity contribution >= 4 is 5.97 Å². The Morgan fingerprint density at radius 1 is 1.32 bits per heavy atom. The summed E-state index contributed by atoms with van der Waals surface area (Å²) in [6.07, 6.45) is 3.60. The number of aliphatic carboxylic acids is 1. The van der Waals surface area contributed by atoms with Crippen LogP contribution in [0.4, 0.5) is 0 Å². The van der Waals surface area contributed by atoms with E-state index in [9.17, 15) is 9.90 Å². The molecular formula is C15H13NO3. The first-order valence-electron chi connectivity index (χ1n) is 6.15. The summed E-state index contributed by atoms with van der Waals surface area (Å²) in [7, 11) is 0. The van der Waals surface area contributed by atoms with Crippen molar-refractivity contribution in [2.24, 2.45) is 0 Å². The lowest BCUT2D eigenvalue weighted by Gasteiger charge is -2.36. The quantitative estimate of drug-likeness (QED) is 0.896. The molecule has 1 aliphatic heterocycles. The van der Waals surface area contributed by atoms with Crippen LogP contribution in [0.2, 0.25) is 0 Å². The summed E-state index contributed by atoms with van der Waals surface area (Å²) in [5, 5.41) is 9.62. The van der Waals surface area contributed by atoms with Crippen molar-refractivity contribution in [1.82, 2.24) is 4.98 Å². The van der Waals surface area contributed by atoms with Crippen molar-refractivity contribution < 1.29 is 14.6 Å². The predicted molar refractivity (Wildman–Crippen MR) is 69.9 cm³/mol. The standard InChI is InChI=1S/C15H13NO3/c1-2-15(14(17)18)12-6-4-3-5-10(12)11-7-8-16-9-13(11)19-15/h3-9H,2H2,1H3,(H,17,18). The molecule has 96 valence electrons. The molecule has 0 spiro atoms. The highest BCUT2D eigenvalue weighted by molar-refractivity contribution is 5.88. The average molecular weight is 255 g/mol. The highest BCUT2D eigenvalue weighted by atomic mass is 16.5. The Hall–Kier alpha value is -2.36. The zero-order valence-electron chi connectivity index (χ0n) is 10.5. The minimum Gasteiger partial charge on any atom is -0.478 e. The number of fused-ring (bicyclic) bond motifs is 3. The lowest BCUT2D eigenvalue weighted by Crippen LogP contribution is -2.43. The number of carboxylic acid groups (broad SMARTS) is 1. The minimum absolute atomic E-state index is 0.355. The highest BCUT2D eigenvalue weighted by Gasteiger charge is 2.46. The van der Waals surface area contributed by atoms with E-state index in [2.05, 4.69) is 4.98 Å². The van der Waals surface area contributed by atoms with E-state index in [1.54, 1.807) is 12.4 Å². The summed E-state index contributed by atoms with van der Waals surface area (Å²) >= 11 is 0. The van der Waals surface area contributed by atoms with Gasteiger partial charge in [-0.3, -0.25) is 4.98 Å². The number of hydrogen-bond acceptors (Lipinski definition) is 3. The Morgan fingerprint density at radius 2 is 2.11 bits per heavy atom. The maximum absolute atomic E-state index is 11.7. The molecule has 3 rings (SSSR count). The number of carbonyl (C=O) groups is 1. The van der Waals surface area contributed by atoms with Gasteiger partial charge in [-0.2, -0.15) is 0 Å². The van der Waals surface area contributed by atoms with Gasteiger partial charge in [0.15, 0.2) is 0 Å². The lowest BCUT2D eigenvalue weighted by molar-refractivity contribution is -0.157. The van der Waals surface area contributed by atoms with Gasteiger partial charge in [-0.25, -0.2) is 4.79 Å². The number of rotatable bonds is 2. The van der Waals surface area contributed by atoms with Gasteiger partial charge in [0.2, 0.25) is 5.60 Å². The second-order valence-corrected chi connectivity index (χ2v) is 4.51. The molecule has 1 atom stereocenters. The SMILES string of the molecule is CCC1(C(=O)O)Oc2cnccc2-c2ccccc21. The number of ether oxygens (including phenoxy) is 1. The zero-order chi connectivity index (χ0) is 13.5. The zero-order valence-corrected chi connectivity index (χ0v) is 10.5. The number of pyridine rings is 1. The van der Waals surface area contributed by atoms with Crippen LogP contribution in [0.15, 0.2) is 42.7 Å². The van der Waals surface area contributed by atoms with E-state index in [1.165, 1.54) is 0 Å². The first-order chi connectivity index (χ1) is 9.19. The summed E-state index contributed by atoms with van der Waals surface area (Å²) < 4.78 is 5.79. The van der Waals surface area contributed by atoms with Crippen LogP contribution in [0.3, 0.4) is 0 Å². The number of aromatic nitrogens is 1. The largest absolute Gasteiger partial charge is 0.478 e. The molecule has 2 aromatic rings. The van der Waals surface area contributed by atoms with Gasteiger partial charge in [-0.15, -0.1) is 0 Å². The van der Waals surface area contributed by atoms with E-state index in [-0.39, 0.29) is 0 Å². The maximum Gasteiger partial charge on any atom is 0.352 e. The van der Waals surface area contributed by atoms with Gasteiger partial charge >= 0.3 is 5.97 Å². The van der Waals surface area contributed by atoms with Crippen LogP contribution in [0.5, 0.6) is 5.75 Å². The Kier molecular flexibility index (Phi) is 2.52. The van der Waals surface area contributed by atoms with Crippen molar-refractivity contribution in [3.05, 3.63) is 48.3 Å². The van der Waals surface area contributed by atoms with Crippen LogP contribution in [0.25, 0.3) is 11.1 Å². The first kappa shape index (κ1) is 11.7. The molecular weight excluding hydrogens is 242 g/mol. The number of carboxylic acids is 1. The van der Waals surface area contributed by atoms with E-state index in [4.69, 9.17) is 4.74 Å². The van der Waals surface area contributed by atoms with E-state index >= 15 is 0 Å². The normalized spacial score (nSPS) is 20.1. The number of nitrogens with zero attached hydrogens (tertiary/aromatic N) is 1. The fraction of sp³-hybridized carbons (Fsp3) is 0.200. The molecule has 0 radical (unpaired) electrons. The molecule has 4 nitrogen and oxygen atoms in total. The Labute approximate surface area is 110 Å². The maximum atomic E-state index is 11.7. The van der Waals surface area contributed by atoms with Crippen LogP contribution in [0.1, 0.15) is 18.9 Å². The topological polar surface area (TPSA) is 59.4 Å². The van der Waals surface area contributed by atoms with Crippen molar-refractivity contribution in [2.45, 2.75) is 18.9 Å². The van der Waals surface area contributed by atoms with Crippen LogP contribution in [-0.4, -0.2) is 16.1 Å². The smallest absolute Gasteiger partial charge is 0.352 e. The molecule has 1 unspecified atom stereocenters. The summed E-state index contributed by atoms with van der Waals surface area (Å²) in [6.45, 7) is 1.81. The Bertz CT molecular complexity index is 653. The van der Waals surface area contributed by atoms with Gasteiger partial charge in [0, 0.05) is 17.3 Å². The summed E-state index contributed by atoms with van der Waals surface area (Å²) in [4.78, 5) is 15.7.